The van der Waals surface area contributed by atoms with Gasteiger partial charge in [-0.15, -0.1) is 0 Å². The molecule has 0 bridgehead atoms. The number of allylic oxidation sites excluding steroid dienone is 1. The minimum absolute atomic E-state index is 0.200. The number of ether oxygens (including phenoxy) is 4. The second kappa shape index (κ2) is 10.0. The van der Waals surface area contributed by atoms with E-state index in [0.29, 0.717) is 40.8 Å². The van der Waals surface area contributed by atoms with Crippen LogP contribution in [-0.4, -0.2) is 39.3 Å². The highest BCUT2D eigenvalue weighted by molar-refractivity contribution is 6.24. The number of hydrogen-bond donors (Lipinski definition) is 0. The molecule has 0 unspecified atom stereocenters. The van der Waals surface area contributed by atoms with Crippen molar-refractivity contribution in [1.29, 1.82) is 0 Å². The summed E-state index contributed by atoms with van der Waals surface area (Å²) in [5, 5.41) is 0. The molecule has 0 saturated heterocycles. The van der Waals surface area contributed by atoms with Crippen LogP contribution in [0.4, 0.5) is 5.69 Å². The van der Waals surface area contributed by atoms with E-state index in [4.69, 9.17) is 18.9 Å². The summed E-state index contributed by atoms with van der Waals surface area (Å²) in [7, 11) is 3.10. The fraction of sp³-hybridized carbons (Fsp3) is 0.280. The second-order valence-corrected chi connectivity index (χ2v) is 6.91. The topological polar surface area (TPSA) is 74.3 Å². The molecule has 0 fully saturated rings. The van der Waals surface area contributed by atoms with Crippen LogP contribution in [-0.2, 0) is 14.3 Å². The smallest absolute Gasteiger partial charge is 0.340 e. The Labute approximate surface area is 187 Å². The van der Waals surface area contributed by atoms with Crippen LogP contribution in [0.1, 0.15) is 26.3 Å². The highest BCUT2D eigenvalue weighted by atomic mass is 16.5. The Morgan fingerprint density at radius 3 is 2.25 bits per heavy atom. The van der Waals surface area contributed by atoms with E-state index in [1.807, 2.05) is 6.92 Å². The maximum atomic E-state index is 13.5. The van der Waals surface area contributed by atoms with Crippen molar-refractivity contribution < 1.29 is 28.5 Å². The van der Waals surface area contributed by atoms with Gasteiger partial charge in [-0.1, -0.05) is 0 Å². The van der Waals surface area contributed by atoms with Crippen LogP contribution in [0.25, 0.3) is 6.08 Å². The van der Waals surface area contributed by atoms with Gasteiger partial charge < -0.3 is 18.9 Å². The van der Waals surface area contributed by atoms with Crippen LogP contribution >= 0.6 is 0 Å². The molecule has 7 heteroatoms. The lowest BCUT2D eigenvalue weighted by molar-refractivity contribution is -0.138. The van der Waals surface area contributed by atoms with E-state index in [0.717, 1.165) is 0 Å². The molecule has 1 aliphatic rings. The maximum absolute atomic E-state index is 13.5. The number of nitrogens with zero attached hydrogens (tertiary/aromatic N) is 1. The van der Waals surface area contributed by atoms with Gasteiger partial charge in [0.1, 0.15) is 17.2 Å². The SMILES string of the molecule is CCOC(=O)C1=C(C)N(c2ccc(OCC)cc2)C(=O)/C1=C\c1ccc(OC)cc1OC. The van der Waals surface area contributed by atoms with Crippen LogP contribution in [0, 0.1) is 0 Å². The quantitative estimate of drug-likeness (QED) is 0.451. The molecule has 0 aromatic heterocycles. The van der Waals surface area contributed by atoms with E-state index in [2.05, 4.69) is 0 Å². The van der Waals surface area contributed by atoms with Gasteiger partial charge in [0.25, 0.3) is 5.91 Å². The van der Waals surface area contributed by atoms with Crippen LogP contribution in [0.3, 0.4) is 0 Å². The number of hydrogen-bond acceptors (Lipinski definition) is 6. The van der Waals surface area contributed by atoms with Crippen molar-refractivity contribution in [3.63, 3.8) is 0 Å². The zero-order chi connectivity index (χ0) is 23.3. The average Bonchev–Trinajstić information content (AvgIpc) is 3.04. The average molecular weight is 437 g/mol. The summed E-state index contributed by atoms with van der Waals surface area (Å²) in [6.07, 6.45) is 1.64. The van der Waals surface area contributed by atoms with Crippen LogP contribution in [0.2, 0.25) is 0 Å². The normalized spacial score (nSPS) is 14.7. The summed E-state index contributed by atoms with van der Waals surface area (Å²) < 4.78 is 21.4. The molecule has 0 radical (unpaired) electrons. The van der Waals surface area contributed by atoms with Crippen LogP contribution in [0.15, 0.2) is 59.3 Å². The fourth-order valence-corrected chi connectivity index (χ4v) is 3.54. The summed E-state index contributed by atoms with van der Waals surface area (Å²) in [6, 6.07) is 12.4. The van der Waals surface area contributed by atoms with Crippen molar-refractivity contribution in [3.8, 4) is 17.2 Å². The predicted molar refractivity (Wildman–Crippen MR) is 122 cm³/mol. The first kappa shape index (κ1) is 22.9. The molecule has 1 aliphatic heterocycles. The molecule has 3 rings (SSSR count). The molecule has 0 atom stereocenters. The van der Waals surface area contributed by atoms with E-state index in [-0.39, 0.29) is 23.7 Å². The molecule has 1 amide bonds. The molecular formula is C25H27NO6. The lowest BCUT2D eigenvalue weighted by atomic mass is 10.0. The van der Waals surface area contributed by atoms with Gasteiger partial charge in [-0.2, -0.15) is 0 Å². The van der Waals surface area contributed by atoms with Gasteiger partial charge in [-0.3, -0.25) is 9.69 Å². The van der Waals surface area contributed by atoms with Crippen molar-refractivity contribution in [2.24, 2.45) is 0 Å². The summed E-state index contributed by atoms with van der Waals surface area (Å²) >= 11 is 0. The Morgan fingerprint density at radius 2 is 1.66 bits per heavy atom. The van der Waals surface area contributed by atoms with Crippen LogP contribution in [0.5, 0.6) is 17.2 Å². The van der Waals surface area contributed by atoms with E-state index < -0.39 is 5.97 Å². The predicted octanol–water partition coefficient (Wildman–Crippen LogP) is 4.37. The van der Waals surface area contributed by atoms with Gasteiger partial charge in [0, 0.05) is 23.0 Å². The molecule has 0 aliphatic carbocycles. The molecule has 7 nitrogen and oxygen atoms in total. The standard InChI is InChI=1S/C25H27NO6/c1-6-31-19-12-9-18(10-13-19)26-16(3)23(25(28)32-7-2)21(24(26)27)14-17-8-11-20(29-4)15-22(17)30-5/h8-15H,6-7H2,1-5H3/b21-14-. The Morgan fingerprint density at radius 1 is 0.969 bits per heavy atom. The number of esters is 1. The Bertz CT molecular complexity index is 1070. The van der Waals surface area contributed by atoms with Gasteiger partial charge in [-0.25, -0.2) is 4.79 Å². The molecule has 1 heterocycles. The van der Waals surface area contributed by atoms with E-state index in [1.54, 1.807) is 69.5 Å². The maximum Gasteiger partial charge on any atom is 0.340 e. The van der Waals surface area contributed by atoms with Crippen LogP contribution < -0.4 is 19.1 Å². The zero-order valence-corrected chi connectivity index (χ0v) is 18.9. The van der Waals surface area contributed by atoms with Gasteiger partial charge in [0.2, 0.25) is 0 Å². The van der Waals surface area contributed by atoms with E-state index >= 15 is 0 Å². The van der Waals surface area contributed by atoms with Gasteiger partial charge in [0.05, 0.1) is 38.6 Å². The highest BCUT2D eigenvalue weighted by Crippen LogP contribution is 2.37. The molecule has 2 aromatic rings. The number of benzene rings is 2. The fourth-order valence-electron chi connectivity index (χ4n) is 3.54. The lowest BCUT2D eigenvalue weighted by Crippen LogP contribution is -2.24. The van der Waals surface area contributed by atoms with E-state index in [9.17, 15) is 9.59 Å². The first-order chi connectivity index (χ1) is 15.4. The van der Waals surface area contributed by atoms with Crippen molar-refractivity contribution in [2.75, 3.05) is 32.3 Å². The highest BCUT2D eigenvalue weighted by Gasteiger charge is 2.38. The summed E-state index contributed by atoms with van der Waals surface area (Å²) in [4.78, 5) is 27.8. The number of carbonyl (C=O) groups excluding carboxylic acids is 2. The van der Waals surface area contributed by atoms with Gasteiger partial charge in [-0.05, 0) is 63.2 Å². The monoisotopic (exact) mass is 437 g/mol. The molecule has 0 N–H and O–H groups in total. The third-order valence-corrected chi connectivity index (χ3v) is 5.03. The molecule has 0 spiro atoms. The Balaban J connectivity index is 2.10. The largest absolute Gasteiger partial charge is 0.497 e. The number of carbonyl (C=O) groups is 2. The lowest BCUT2D eigenvalue weighted by Gasteiger charge is -2.18. The summed E-state index contributed by atoms with van der Waals surface area (Å²) in [5.41, 5.74) is 2.22. The third-order valence-electron chi connectivity index (χ3n) is 5.03. The second-order valence-electron chi connectivity index (χ2n) is 6.91. The molecular weight excluding hydrogens is 410 g/mol. The number of amides is 1. The first-order valence-electron chi connectivity index (χ1n) is 10.3. The molecule has 168 valence electrons. The van der Waals surface area contributed by atoms with Gasteiger partial charge in [0.15, 0.2) is 0 Å². The number of methoxy groups -OCH3 is 2. The molecule has 0 saturated carbocycles. The van der Waals surface area contributed by atoms with Crippen molar-refractivity contribution >= 4 is 23.6 Å². The van der Waals surface area contributed by atoms with Crippen molar-refractivity contribution in [2.45, 2.75) is 20.8 Å². The van der Waals surface area contributed by atoms with Crippen molar-refractivity contribution in [3.05, 3.63) is 64.9 Å². The minimum atomic E-state index is -0.550. The van der Waals surface area contributed by atoms with Gasteiger partial charge >= 0.3 is 5.97 Å². The zero-order valence-electron chi connectivity index (χ0n) is 18.9. The Hall–Kier alpha value is -3.74. The molecule has 32 heavy (non-hydrogen) atoms. The third kappa shape index (κ3) is 4.46. The number of anilines is 1. The minimum Gasteiger partial charge on any atom is -0.497 e. The van der Waals surface area contributed by atoms with Crippen molar-refractivity contribution in [1.82, 2.24) is 0 Å². The number of rotatable bonds is 8. The molecule has 2 aromatic carbocycles. The Kier molecular flexibility index (Phi) is 7.20. The summed E-state index contributed by atoms with van der Waals surface area (Å²) in [6.45, 7) is 6.11. The first-order valence-corrected chi connectivity index (χ1v) is 10.3. The summed E-state index contributed by atoms with van der Waals surface area (Å²) in [5.74, 6) is 0.965. The van der Waals surface area contributed by atoms with E-state index in [1.165, 1.54) is 12.0 Å².